The Morgan fingerprint density at radius 1 is 1.07 bits per heavy atom. The van der Waals surface area contributed by atoms with Crippen molar-refractivity contribution in [3.05, 3.63) is 24.3 Å². The van der Waals surface area contributed by atoms with Gasteiger partial charge in [0.1, 0.15) is 11.4 Å². The molecule has 27 heavy (non-hydrogen) atoms. The number of nitrogens with zero attached hydrogens (tertiary/aromatic N) is 2. The maximum absolute atomic E-state index is 12.7. The molecular formula is C16H21F3N2O5S. The predicted octanol–water partition coefficient (Wildman–Crippen LogP) is 2.83. The van der Waals surface area contributed by atoms with Crippen LogP contribution < -0.4 is 4.74 Å². The van der Waals surface area contributed by atoms with Crippen molar-refractivity contribution in [3.8, 4) is 5.75 Å². The SMILES string of the molecule is CC(C)(C)OC(=O)N1CCN(S(=O)(=O)c2cccc(OC(F)(F)F)c2)CC1. The van der Waals surface area contributed by atoms with E-state index in [2.05, 4.69) is 4.74 Å². The van der Waals surface area contributed by atoms with Crippen molar-refractivity contribution in [2.75, 3.05) is 26.2 Å². The minimum Gasteiger partial charge on any atom is -0.444 e. The monoisotopic (exact) mass is 410 g/mol. The summed E-state index contributed by atoms with van der Waals surface area (Å²) in [6.07, 6.45) is -5.46. The number of amides is 1. The minimum atomic E-state index is -4.92. The number of rotatable bonds is 3. The van der Waals surface area contributed by atoms with Crippen LogP contribution in [0.5, 0.6) is 5.75 Å². The Kier molecular flexibility index (Phi) is 5.95. The highest BCUT2D eigenvalue weighted by Crippen LogP contribution is 2.27. The molecule has 0 spiro atoms. The Hall–Kier alpha value is -2.01. The molecule has 0 aliphatic carbocycles. The molecule has 1 aromatic rings. The van der Waals surface area contributed by atoms with Gasteiger partial charge in [0.2, 0.25) is 10.0 Å². The van der Waals surface area contributed by atoms with E-state index >= 15 is 0 Å². The summed E-state index contributed by atoms with van der Waals surface area (Å²) in [6, 6.07) is 4.21. The van der Waals surface area contributed by atoms with Crippen LogP contribution in [-0.4, -0.2) is 61.9 Å². The van der Waals surface area contributed by atoms with Crippen LogP contribution in [0.25, 0.3) is 0 Å². The van der Waals surface area contributed by atoms with E-state index in [1.165, 1.54) is 17.0 Å². The number of piperazine rings is 1. The second kappa shape index (κ2) is 7.55. The van der Waals surface area contributed by atoms with Gasteiger partial charge in [-0.1, -0.05) is 6.07 Å². The van der Waals surface area contributed by atoms with Crippen LogP contribution >= 0.6 is 0 Å². The Morgan fingerprint density at radius 3 is 2.19 bits per heavy atom. The van der Waals surface area contributed by atoms with E-state index in [0.29, 0.717) is 0 Å². The Bertz CT molecular complexity index is 782. The van der Waals surface area contributed by atoms with Gasteiger partial charge in [-0.05, 0) is 32.9 Å². The van der Waals surface area contributed by atoms with Gasteiger partial charge >= 0.3 is 12.5 Å². The zero-order chi connectivity index (χ0) is 20.5. The van der Waals surface area contributed by atoms with Gasteiger partial charge in [-0.3, -0.25) is 0 Å². The largest absolute Gasteiger partial charge is 0.573 e. The summed E-state index contributed by atoms with van der Waals surface area (Å²) >= 11 is 0. The molecule has 1 fully saturated rings. The van der Waals surface area contributed by atoms with Gasteiger partial charge in [0.25, 0.3) is 0 Å². The molecule has 1 aliphatic rings. The third kappa shape index (κ3) is 5.99. The highest BCUT2D eigenvalue weighted by Gasteiger charge is 2.34. The van der Waals surface area contributed by atoms with Gasteiger partial charge < -0.3 is 14.4 Å². The molecule has 0 saturated carbocycles. The normalized spacial score (nSPS) is 16.9. The molecule has 0 radical (unpaired) electrons. The molecule has 1 amide bonds. The lowest BCUT2D eigenvalue weighted by Crippen LogP contribution is -2.51. The van der Waals surface area contributed by atoms with Gasteiger partial charge in [-0.2, -0.15) is 4.31 Å². The molecule has 152 valence electrons. The van der Waals surface area contributed by atoms with Crippen molar-refractivity contribution in [1.29, 1.82) is 0 Å². The summed E-state index contributed by atoms with van der Waals surface area (Å²) in [5, 5.41) is 0. The fraction of sp³-hybridized carbons (Fsp3) is 0.562. The van der Waals surface area contributed by atoms with E-state index in [1.807, 2.05) is 0 Å². The standard InChI is InChI=1S/C16H21F3N2O5S/c1-15(2,3)26-14(22)20-7-9-21(10-8-20)27(23,24)13-6-4-5-12(11-13)25-16(17,18)19/h4-6,11H,7-10H2,1-3H3. The summed E-state index contributed by atoms with van der Waals surface area (Å²) in [6.45, 7) is 5.42. The summed E-state index contributed by atoms with van der Waals surface area (Å²) in [5.74, 6) is -0.615. The van der Waals surface area contributed by atoms with Crippen LogP contribution in [-0.2, 0) is 14.8 Å². The smallest absolute Gasteiger partial charge is 0.444 e. The van der Waals surface area contributed by atoms with Crippen molar-refractivity contribution in [2.24, 2.45) is 0 Å². The summed E-state index contributed by atoms with van der Waals surface area (Å²) in [7, 11) is -4.02. The molecular weight excluding hydrogens is 389 g/mol. The Morgan fingerprint density at radius 2 is 1.67 bits per heavy atom. The number of benzene rings is 1. The summed E-state index contributed by atoms with van der Waals surface area (Å²) in [4.78, 5) is 13.1. The zero-order valence-electron chi connectivity index (χ0n) is 15.1. The van der Waals surface area contributed by atoms with Gasteiger partial charge in [-0.15, -0.1) is 13.2 Å². The predicted molar refractivity (Wildman–Crippen MR) is 89.7 cm³/mol. The second-order valence-corrected chi connectivity index (χ2v) is 8.83. The van der Waals surface area contributed by atoms with Gasteiger partial charge in [0.15, 0.2) is 0 Å². The van der Waals surface area contributed by atoms with Crippen molar-refractivity contribution in [3.63, 3.8) is 0 Å². The van der Waals surface area contributed by atoms with Gasteiger partial charge in [0.05, 0.1) is 4.90 Å². The van der Waals surface area contributed by atoms with E-state index in [9.17, 15) is 26.4 Å². The number of ether oxygens (including phenoxy) is 2. The summed E-state index contributed by atoms with van der Waals surface area (Å²) < 4.78 is 72.4. The number of alkyl halides is 3. The Labute approximate surface area is 155 Å². The molecule has 2 rings (SSSR count). The molecule has 0 bridgehead atoms. The third-order valence-electron chi connectivity index (χ3n) is 3.57. The maximum atomic E-state index is 12.7. The van der Waals surface area contributed by atoms with Crippen molar-refractivity contribution < 1.29 is 35.9 Å². The van der Waals surface area contributed by atoms with Crippen molar-refractivity contribution >= 4 is 16.1 Å². The van der Waals surface area contributed by atoms with Crippen molar-refractivity contribution in [1.82, 2.24) is 9.21 Å². The lowest BCUT2D eigenvalue weighted by Gasteiger charge is -2.35. The average Bonchev–Trinajstić information content (AvgIpc) is 2.52. The van der Waals surface area contributed by atoms with Gasteiger partial charge in [-0.25, -0.2) is 13.2 Å². The molecule has 1 aliphatic heterocycles. The molecule has 1 heterocycles. The topological polar surface area (TPSA) is 76.2 Å². The number of carbonyl (C=O) groups excluding carboxylic acids is 1. The molecule has 0 N–H and O–H groups in total. The first-order valence-corrected chi connectivity index (χ1v) is 9.56. The number of hydrogen-bond donors (Lipinski definition) is 0. The average molecular weight is 410 g/mol. The van der Waals surface area contributed by atoms with Gasteiger partial charge in [0, 0.05) is 32.2 Å². The second-order valence-electron chi connectivity index (χ2n) is 6.89. The fourth-order valence-corrected chi connectivity index (χ4v) is 3.88. The quantitative estimate of drug-likeness (QED) is 0.766. The fourth-order valence-electron chi connectivity index (χ4n) is 2.42. The van der Waals surface area contributed by atoms with E-state index in [1.54, 1.807) is 20.8 Å². The molecule has 0 aromatic heterocycles. The van der Waals surface area contributed by atoms with E-state index in [0.717, 1.165) is 16.4 Å². The highest BCUT2D eigenvalue weighted by molar-refractivity contribution is 7.89. The van der Waals surface area contributed by atoms with Crippen LogP contribution in [0.15, 0.2) is 29.2 Å². The lowest BCUT2D eigenvalue weighted by atomic mass is 10.2. The Balaban J connectivity index is 2.07. The number of sulfonamides is 1. The first kappa shape index (κ1) is 21.3. The van der Waals surface area contributed by atoms with Crippen LogP contribution in [0.3, 0.4) is 0 Å². The first-order valence-electron chi connectivity index (χ1n) is 8.12. The minimum absolute atomic E-state index is 0.00588. The molecule has 1 aromatic carbocycles. The maximum Gasteiger partial charge on any atom is 0.573 e. The number of halogens is 3. The van der Waals surface area contributed by atoms with Crippen molar-refractivity contribution in [2.45, 2.75) is 37.6 Å². The molecule has 0 unspecified atom stereocenters. The van der Waals surface area contributed by atoms with Crippen LogP contribution in [0.2, 0.25) is 0 Å². The molecule has 11 heteroatoms. The number of hydrogen-bond acceptors (Lipinski definition) is 5. The number of carbonyl (C=O) groups is 1. The molecule has 7 nitrogen and oxygen atoms in total. The third-order valence-corrected chi connectivity index (χ3v) is 5.46. The lowest BCUT2D eigenvalue weighted by molar-refractivity contribution is -0.274. The van der Waals surface area contributed by atoms with E-state index < -0.39 is 33.8 Å². The molecule has 1 saturated heterocycles. The zero-order valence-corrected chi connectivity index (χ0v) is 15.9. The molecule has 0 atom stereocenters. The highest BCUT2D eigenvalue weighted by atomic mass is 32.2. The van der Waals surface area contributed by atoms with E-state index in [4.69, 9.17) is 4.74 Å². The van der Waals surface area contributed by atoms with Crippen LogP contribution in [0.1, 0.15) is 20.8 Å². The first-order chi connectivity index (χ1) is 12.3. The van der Waals surface area contributed by atoms with Crippen LogP contribution in [0.4, 0.5) is 18.0 Å². The van der Waals surface area contributed by atoms with Crippen LogP contribution in [0, 0.1) is 0 Å². The van der Waals surface area contributed by atoms with E-state index in [-0.39, 0.29) is 31.1 Å². The summed E-state index contributed by atoms with van der Waals surface area (Å²) in [5.41, 5.74) is -0.667.